The number of nitrogens with one attached hydrogen (secondary N) is 1. The predicted octanol–water partition coefficient (Wildman–Crippen LogP) is 5.01. The van der Waals surface area contributed by atoms with Crippen molar-refractivity contribution in [3.05, 3.63) is 101 Å². The molecule has 0 aromatic heterocycles. The van der Waals surface area contributed by atoms with Gasteiger partial charge >= 0.3 is 0 Å². The number of nitrogens with zero attached hydrogens (tertiary/aromatic N) is 2. The van der Waals surface area contributed by atoms with Crippen molar-refractivity contribution in [2.75, 3.05) is 38.0 Å². The molecule has 1 aliphatic rings. The molecule has 0 radical (unpaired) electrons. The van der Waals surface area contributed by atoms with E-state index in [4.69, 9.17) is 0 Å². The molecule has 1 N–H and O–H groups in total. The number of rotatable bonds is 6. The lowest BCUT2D eigenvalue weighted by atomic mass is 9.96. The first-order valence-electron chi connectivity index (χ1n) is 11.3. The Morgan fingerprint density at radius 2 is 1.52 bits per heavy atom. The summed E-state index contributed by atoms with van der Waals surface area (Å²) in [6.45, 7) is 5.46. The van der Waals surface area contributed by atoms with Gasteiger partial charge in [-0.25, -0.2) is 8.78 Å². The van der Waals surface area contributed by atoms with Gasteiger partial charge in [0.25, 0.3) is 0 Å². The van der Waals surface area contributed by atoms with Crippen molar-refractivity contribution < 1.29 is 13.6 Å². The monoisotopic (exact) mass is 449 g/mol. The summed E-state index contributed by atoms with van der Waals surface area (Å²) >= 11 is 0. The summed E-state index contributed by atoms with van der Waals surface area (Å²) < 4.78 is 27.1. The van der Waals surface area contributed by atoms with Crippen LogP contribution in [0.4, 0.5) is 14.5 Å². The van der Waals surface area contributed by atoms with Crippen molar-refractivity contribution in [2.24, 2.45) is 0 Å². The van der Waals surface area contributed by atoms with E-state index in [1.165, 1.54) is 24.3 Å². The fourth-order valence-corrected chi connectivity index (χ4v) is 4.44. The predicted molar refractivity (Wildman–Crippen MR) is 127 cm³/mol. The molecule has 0 bridgehead atoms. The Labute approximate surface area is 193 Å². The second kappa shape index (κ2) is 10.7. The lowest BCUT2D eigenvalue weighted by Gasteiger charge is -2.31. The maximum absolute atomic E-state index is 13.6. The lowest BCUT2D eigenvalue weighted by Crippen LogP contribution is -2.37. The van der Waals surface area contributed by atoms with Gasteiger partial charge in [0, 0.05) is 25.3 Å². The number of amides is 1. The van der Waals surface area contributed by atoms with Gasteiger partial charge in [0.05, 0.1) is 12.6 Å². The number of benzene rings is 3. The minimum atomic E-state index is -0.279. The minimum Gasteiger partial charge on any atom is -0.325 e. The Bertz CT molecular complexity index is 1020. The molecule has 4 nitrogen and oxygen atoms in total. The highest BCUT2D eigenvalue weighted by atomic mass is 19.1. The first-order chi connectivity index (χ1) is 16.0. The number of hydrogen-bond acceptors (Lipinski definition) is 3. The molecule has 1 aliphatic heterocycles. The van der Waals surface area contributed by atoms with Crippen molar-refractivity contribution in [2.45, 2.75) is 19.4 Å². The highest BCUT2D eigenvalue weighted by Crippen LogP contribution is 2.30. The van der Waals surface area contributed by atoms with E-state index in [1.54, 1.807) is 24.3 Å². The summed E-state index contributed by atoms with van der Waals surface area (Å²) in [5.41, 5.74) is 3.84. The molecule has 1 saturated heterocycles. The zero-order chi connectivity index (χ0) is 23.2. The minimum absolute atomic E-state index is 0.0253. The van der Waals surface area contributed by atoms with E-state index in [-0.39, 0.29) is 23.6 Å². The normalized spacial score (nSPS) is 15.4. The summed E-state index contributed by atoms with van der Waals surface area (Å²) in [6.07, 6.45) is 0.899. The van der Waals surface area contributed by atoms with Gasteiger partial charge in [-0.1, -0.05) is 36.4 Å². The van der Waals surface area contributed by atoms with E-state index in [9.17, 15) is 13.6 Å². The van der Waals surface area contributed by atoms with Crippen LogP contribution in [-0.4, -0.2) is 48.4 Å². The first kappa shape index (κ1) is 23.1. The Kier molecular flexibility index (Phi) is 7.47. The van der Waals surface area contributed by atoms with Crippen molar-refractivity contribution >= 4 is 11.6 Å². The molecule has 1 amide bonds. The Morgan fingerprint density at radius 3 is 2.12 bits per heavy atom. The molecule has 4 rings (SSSR count). The number of halogens is 2. The van der Waals surface area contributed by atoms with Crippen molar-refractivity contribution in [3.63, 3.8) is 0 Å². The Morgan fingerprint density at radius 1 is 0.879 bits per heavy atom. The quantitative estimate of drug-likeness (QED) is 0.575. The highest BCUT2D eigenvalue weighted by molar-refractivity contribution is 5.92. The molecule has 0 aliphatic carbocycles. The van der Waals surface area contributed by atoms with Crippen LogP contribution in [0.2, 0.25) is 0 Å². The van der Waals surface area contributed by atoms with Crippen LogP contribution in [0, 0.1) is 18.6 Å². The average Bonchev–Trinajstić information content (AvgIpc) is 3.02. The van der Waals surface area contributed by atoms with Gasteiger partial charge in [0.2, 0.25) is 5.91 Å². The standard InChI is InChI=1S/C27H29F2N3O/c1-20-4-2-5-25(18-20)30-26(33)19-31-14-3-15-32(17-16-31)27(21-6-10-23(28)11-7-21)22-8-12-24(29)13-9-22/h2,4-13,18,27H,3,14-17,19H2,1H3,(H,30,33). The van der Waals surface area contributed by atoms with Crippen LogP contribution < -0.4 is 5.32 Å². The maximum Gasteiger partial charge on any atom is 0.238 e. The first-order valence-corrected chi connectivity index (χ1v) is 11.3. The summed E-state index contributed by atoms with van der Waals surface area (Å²) in [5.74, 6) is -0.584. The number of hydrogen-bond donors (Lipinski definition) is 1. The molecule has 3 aromatic carbocycles. The van der Waals surface area contributed by atoms with Crippen LogP contribution >= 0.6 is 0 Å². The van der Waals surface area contributed by atoms with Crippen LogP contribution in [0.15, 0.2) is 72.8 Å². The maximum atomic E-state index is 13.6. The summed E-state index contributed by atoms with van der Waals surface area (Å²) in [6, 6.07) is 20.7. The molecule has 3 aromatic rings. The Hall–Kier alpha value is -3.09. The number of carbonyl (C=O) groups excluding carboxylic acids is 1. The van der Waals surface area contributed by atoms with E-state index in [0.29, 0.717) is 6.54 Å². The SMILES string of the molecule is Cc1cccc(NC(=O)CN2CCCN(C(c3ccc(F)cc3)c3ccc(F)cc3)CC2)c1. The third-order valence-corrected chi connectivity index (χ3v) is 6.03. The van der Waals surface area contributed by atoms with Crippen LogP contribution in [0.5, 0.6) is 0 Å². The fourth-order valence-electron chi connectivity index (χ4n) is 4.44. The lowest BCUT2D eigenvalue weighted by molar-refractivity contribution is -0.117. The van der Waals surface area contributed by atoms with Crippen molar-refractivity contribution in [1.29, 1.82) is 0 Å². The molecule has 0 saturated carbocycles. The molecule has 1 fully saturated rings. The average molecular weight is 450 g/mol. The largest absolute Gasteiger partial charge is 0.325 e. The van der Waals surface area contributed by atoms with E-state index in [1.807, 2.05) is 31.2 Å². The molecule has 0 spiro atoms. The molecular weight excluding hydrogens is 420 g/mol. The third kappa shape index (κ3) is 6.24. The van der Waals surface area contributed by atoms with Crippen LogP contribution in [0.25, 0.3) is 0 Å². The fraction of sp³-hybridized carbons (Fsp3) is 0.296. The number of aryl methyl sites for hydroxylation is 1. The number of carbonyl (C=O) groups is 1. The number of anilines is 1. The molecule has 33 heavy (non-hydrogen) atoms. The van der Waals surface area contributed by atoms with E-state index in [0.717, 1.165) is 55.0 Å². The van der Waals surface area contributed by atoms with Crippen LogP contribution in [0.1, 0.15) is 29.2 Å². The van der Waals surface area contributed by atoms with Gasteiger partial charge in [-0.15, -0.1) is 0 Å². The van der Waals surface area contributed by atoms with Crippen LogP contribution in [0.3, 0.4) is 0 Å². The van der Waals surface area contributed by atoms with E-state index in [2.05, 4.69) is 15.1 Å². The topological polar surface area (TPSA) is 35.6 Å². The molecular formula is C27H29F2N3O. The second-order valence-electron chi connectivity index (χ2n) is 8.59. The van der Waals surface area contributed by atoms with Crippen molar-refractivity contribution in [1.82, 2.24) is 9.80 Å². The highest BCUT2D eigenvalue weighted by Gasteiger charge is 2.26. The van der Waals surface area contributed by atoms with Crippen LogP contribution in [-0.2, 0) is 4.79 Å². The van der Waals surface area contributed by atoms with Gasteiger partial charge in [0.1, 0.15) is 11.6 Å². The van der Waals surface area contributed by atoms with E-state index < -0.39 is 0 Å². The van der Waals surface area contributed by atoms with Gasteiger partial charge in [-0.05, 0) is 73.0 Å². The van der Waals surface area contributed by atoms with Gasteiger partial charge in [-0.3, -0.25) is 14.6 Å². The van der Waals surface area contributed by atoms with Gasteiger partial charge in [-0.2, -0.15) is 0 Å². The Balaban J connectivity index is 1.45. The zero-order valence-corrected chi connectivity index (χ0v) is 18.8. The molecule has 6 heteroatoms. The van der Waals surface area contributed by atoms with Crippen molar-refractivity contribution in [3.8, 4) is 0 Å². The van der Waals surface area contributed by atoms with Gasteiger partial charge in [0.15, 0.2) is 0 Å². The third-order valence-electron chi connectivity index (χ3n) is 6.03. The smallest absolute Gasteiger partial charge is 0.238 e. The molecule has 0 unspecified atom stereocenters. The van der Waals surface area contributed by atoms with E-state index >= 15 is 0 Å². The second-order valence-corrected chi connectivity index (χ2v) is 8.59. The molecule has 172 valence electrons. The summed E-state index contributed by atoms with van der Waals surface area (Å²) in [5, 5.41) is 2.98. The molecule has 1 heterocycles. The molecule has 0 atom stereocenters. The summed E-state index contributed by atoms with van der Waals surface area (Å²) in [7, 11) is 0. The summed E-state index contributed by atoms with van der Waals surface area (Å²) in [4.78, 5) is 17.1. The zero-order valence-electron chi connectivity index (χ0n) is 18.8. The van der Waals surface area contributed by atoms with Gasteiger partial charge < -0.3 is 5.32 Å².